The molecule has 0 aliphatic carbocycles. The summed E-state index contributed by atoms with van der Waals surface area (Å²) in [4.78, 5) is 25.4. The van der Waals surface area contributed by atoms with Gasteiger partial charge in [0.05, 0.1) is 0 Å². The zero-order chi connectivity index (χ0) is 8.97. The van der Waals surface area contributed by atoms with Crippen LogP contribution in [0.4, 0.5) is 5.13 Å². The van der Waals surface area contributed by atoms with Gasteiger partial charge in [-0.05, 0) is 0 Å². The molecular formula is C6H7N3O2S. The third-order valence-corrected chi connectivity index (χ3v) is 1.77. The molecule has 0 saturated carbocycles. The highest BCUT2D eigenvalue weighted by atomic mass is 32.1. The van der Waals surface area contributed by atoms with Gasteiger partial charge in [0.1, 0.15) is 0 Å². The smallest absolute Gasteiger partial charge is 0.315 e. The zero-order valence-corrected chi connectivity index (χ0v) is 7.14. The van der Waals surface area contributed by atoms with E-state index in [1.807, 2.05) is 0 Å². The fourth-order valence-corrected chi connectivity index (χ4v) is 1.08. The number of hydrogen-bond acceptors (Lipinski definition) is 4. The normalized spacial score (nSPS) is 9.08. The number of likely N-dealkylation sites (N-methyl/N-ethyl adjacent to an activating group) is 1. The van der Waals surface area contributed by atoms with Gasteiger partial charge in [-0.25, -0.2) is 4.98 Å². The van der Waals surface area contributed by atoms with Crippen molar-refractivity contribution in [2.24, 2.45) is 0 Å². The average Bonchev–Trinajstić information content (AvgIpc) is 2.55. The van der Waals surface area contributed by atoms with Crippen LogP contribution in [0.25, 0.3) is 0 Å². The molecule has 1 aromatic heterocycles. The summed E-state index contributed by atoms with van der Waals surface area (Å²) in [5, 5.41) is 6.66. The summed E-state index contributed by atoms with van der Waals surface area (Å²) in [7, 11) is 1.39. The summed E-state index contributed by atoms with van der Waals surface area (Å²) in [6, 6.07) is 0. The summed E-state index contributed by atoms with van der Waals surface area (Å²) >= 11 is 1.26. The first-order valence-corrected chi connectivity index (χ1v) is 4.04. The van der Waals surface area contributed by atoms with E-state index in [-0.39, 0.29) is 0 Å². The van der Waals surface area contributed by atoms with Crippen LogP contribution in [0.5, 0.6) is 0 Å². The van der Waals surface area contributed by atoms with Crippen LogP contribution in [-0.2, 0) is 9.59 Å². The van der Waals surface area contributed by atoms with Crippen LogP contribution in [0.15, 0.2) is 11.6 Å². The minimum atomic E-state index is -0.701. The van der Waals surface area contributed by atoms with Crippen molar-refractivity contribution in [2.45, 2.75) is 0 Å². The fraction of sp³-hybridized carbons (Fsp3) is 0.167. The van der Waals surface area contributed by atoms with Crippen molar-refractivity contribution in [3.05, 3.63) is 11.6 Å². The van der Waals surface area contributed by atoms with Crippen molar-refractivity contribution >= 4 is 28.3 Å². The lowest BCUT2D eigenvalue weighted by Crippen LogP contribution is -2.32. The standard InChI is InChI=1S/C6H7N3O2S/c1-7-4(10)5(11)9-6-8-2-3-12-6/h2-3H,1H3,(H,7,10)(H,8,9,11). The van der Waals surface area contributed by atoms with E-state index < -0.39 is 11.8 Å². The second-order valence-corrected chi connectivity index (χ2v) is 2.77. The summed E-state index contributed by atoms with van der Waals surface area (Å²) in [5.74, 6) is -1.38. The SMILES string of the molecule is CNC(=O)C(=O)Nc1nccs1. The lowest BCUT2D eigenvalue weighted by Gasteiger charge is -1.97. The van der Waals surface area contributed by atoms with E-state index in [9.17, 15) is 9.59 Å². The number of rotatable bonds is 1. The largest absolute Gasteiger partial charge is 0.351 e. The Hall–Kier alpha value is -1.43. The van der Waals surface area contributed by atoms with Crippen molar-refractivity contribution in [3.8, 4) is 0 Å². The van der Waals surface area contributed by atoms with E-state index in [0.717, 1.165) is 0 Å². The molecule has 0 fully saturated rings. The van der Waals surface area contributed by atoms with Crippen molar-refractivity contribution in [2.75, 3.05) is 12.4 Å². The van der Waals surface area contributed by atoms with Gasteiger partial charge in [0.2, 0.25) is 0 Å². The van der Waals surface area contributed by atoms with E-state index in [0.29, 0.717) is 5.13 Å². The molecule has 5 nitrogen and oxygen atoms in total. The number of hydrogen-bond donors (Lipinski definition) is 2. The Balaban J connectivity index is 2.53. The number of nitrogens with one attached hydrogen (secondary N) is 2. The van der Waals surface area contributed by atoms with Crippen molar-refractivity contribution in [3.63, 3.8) is 0 Å². The third kappa shape index (κ3) is 2.03. The molecule has 0 aliphatic heterocycles. The Morgan fingerprint density at radius 2 is 2.25 bits per heavy atom. The van der Waals surface area contributed by atoms with Crippen LogP contribution < -0.4 is 10.6 Å². The molecule has 1 rings (SSSR count). The Kier molecular flexibility index (Phi) is 2.76. The molecule has 0 aromatic carbocycles. The molecule has 0 aliphatic rings. The Bertz CT molecular complexity index is 283. The van der Waals surface area contributed by atoms with E-state index in [1.165, 1.54) is 18.4 Å². The molecular weight excluding hydrogens is 178 g/mol. The van der Waals surface area contributed by atoms with E-state index in [1.54, 1.807) is 11.6 Å². The molecule has 0 unspecified atom stereocenters. The highest BCUT2D eigenvalue weighted by Crippen LogP contribution is 2.09. The third-order valence-electron chi connectivity index (χ3n) is 1.09. The van der Waals surface area contributed by atoms with Gasteiger partial charge in [-0.1, -0.05) is 0 Å². The van der Waals surface area contributed by atoms with Gasteiger partial charge in [-0.15, -0.1) is 11.3 Å². The molecule has 0 saturated heterocycles. The number of carbonyl (C=O) groups is 2. The molecule has 0 bridgehead atoms. The predicted molar refractivity (Wildman–Crippen MR) is 44.8 cm³/mol. The molecule has 0 atom stereocenters. The molecule has 0 spiro atoms. The molecule has 2 amide bonds. The van der Waals surface area contributed by atoms with Crippen LogP contribution in [-0.4, -0.2) is 23.8 Å². The number of aromatic nitrogens is 1. The highest BCUT2D eigenvalue weighted by molar-refractivity contribution is 7.13. The number of nitrogens with zero attached hydrogens (tertiary/aromatic N) is 1. The maximum atomic E-state index is 10.9. The molecule has 1 aromatic rings. The molecule has 12 heavy (non-hydrogen) atoms. The summed E-state index contributed by atoms with van der Waals surface area (Å²) in [6.07, 6.45) is 1.55. The first-order chi connectivity index (χ1) is 5.74. The zero-order valence-electron chi connectivity index (χ0n) is 6.33. The summed E-state index contributed by atoms with van der Waals surface area (Å²) in [5.41, 5.74) is 0. The van der Waals surface area contributed by atoms with Gasteiger partial charge in [-0.3, -0.25) is 14.9 Å². The van der Waals surface area contributed by atoms with E-state index in [2.05, 4.69) is 15.6 Å². The second kappa shape index (κ2) is 3.82. The van der Waals surface area contributed by atoms with Gasteiger partial charge in [0.25, 0.3) is 0 Å². The van der Waals surface area contributed by atoms with Crippen molar-refractivity contribution < 1.29 is 9.59 Å². The van der Waals surface area contributed by atoms with Gasteiger partial charge in [0, 0.05) is 18.6 Å². The fourth-order valence-electron chi connectivity index (χ4n) is 0.553. The Morgan fingerprint density at radius 3 is 2.75 bits per heavy atom. The maximum Gasteiger partial charge on any atom is 0.315 e. The lowest BCUT2D eigenvalue weighted by atomic mass is 10.5. The quantitative estimate of drug-likeness (QED) is 0.596. The second-order valence-electron chi connectivity index (χ2n) is 1.87. The number of amides is 2. The van der Waals surface area contributed by atoms with E-state index >= 15 is 0 Å². The predicted octanol–water partition coefficient (Wildman–Crippen LogP) is -0.172. The topological polar surface area (TPSA) is 71.1 Å². The molecule has 6 heteroatoms. The Labute approximate surface area is 72.8 Å². The van der Waals surface area contributed by atoms with Crippen LogP contribution in [0.2, 0.25) is 0 Å². The van der Waals surface area contributed by atoms with Crippen molar-refractivity contribution in [1.82, 2.24) is 10.3 Å². The van der Waals surface area contributed by atoms with Gasteiger partial charge in [-0.2, -0.15) is 0 Å². The summed E-state index contributed by atoms with van der Waals surface area (Å²) in [6.45, 7) is 0. The van der Waals surface area contributed by atoms with Gasteiger partial charge in [0.15, 0.2) is 5.13 Å². The monoisotopic (exact) mass is 185 g/mol. The molecule has 1 heterocycles. The van der Waals surface area contributed by atoms with Crippen LogP contribution >= 0.6 is 11.3 Å². The first-order valence-electron chi connectivity index (χ1n) is 3.16. The molecule has 0 radical (unpaired) electrons. The molecule has 2 N–H and O–H groups in total. The highest BCUT2D eigenvalue weighted by Gasteiger charge is 2.11. The number of anilines is 1. The van der Waals surface area contributed by atoms with E-state index in [4.69, 9.17) is 0 Å². The summed E-state index contributed by atoms with van der Waals surface area (Å²) < 4.78 is 0. The Morgan fingerprint density at radius 1 is 1.50 bits per heavy atom. The minimum Gasteiger partial charge on any atom is -0.351 e. The van der Waals surface area contributed by atoms with Gasteiger partial charge >= 0.3 is 11.8 Å². The minimum absolute atomic E-state index is 0.420. The van der Waals surface area contributed by atoms with Gasteiger partial charge < -0.3 is 5.32 Å². The number of thiazole rings is 1. The number of carbonyl (C=O) groups excluding carboxylic acids is 2. The van der Waals surface area contributed by atoms with Crippen LogP contribution in [0.3, 0.4) is 0 Å². The lowest BCUT2D eigenvalue weighted by molar-refractivity contribution is -0.135. The molecule has 64 valence electrons. The average molecular weight is 185 g/mol. The maximum absolute atomic E-state index is 10.9. The van der Waals surface area contributed by atoms with Crippen molar-refractivity contribution in [1.29, 1.82) is 0 Å². The van der Waals surface area contributed by atoms with Crippen LogP contribution in [0, 0.1) is 0 Å². The van der Waals surface area contributed by atoms with Crippen LogP contribution in [0.1, 0.15) is 0 Å². The first kappa shape index (κ1) is 8.66.